The van der Waals surface area contributed by atoms with E-state index in [-0.39, 0.29) is 6.04 Å². The zero-order valence-electron chi connectivity index (χ0n) is 10.7. The Morgan fingerprint density at radius 1 is 1.06 bits per heavy atom. The summed E-state index contributed by atoms with van der Waals surface area (Å²) in [4.78, 5) is 2.39. The van der Waals surface area contributed by atoms with Crippen LogP contribution in [0, 0.1) is 11.3 Å². The number of hydrogen-bond acceptors (Lipinski definition) is 2. The maximum Gasteiger partial charge on any atom is 0.0977 e. The molecule has 2 nitrogen and oxygen atoms in total. The molecular formula is C14H26N2. The topological polar surface area (TPSA) is 27.0 Å². The van der Waals surface area contributed by atoms with Crippen molar-refractivity contribution in [2.24, 2.45) is 0 Å². The van der Waals surface area contributed by atoms with Crippen LogP contribution in [-0.2, 0) is 0 Å². The number of likely N-dealkylation sites (tertiary alicyclic amines) is 1. The molecule has 1 aliphatic rings. The van der Waals surface area contributed by atoms with Crippen molar-refractivity contribution in [3.05, 3.63) is 0 Å². The van der Waals surface area contributed by atoms with Crippen LogP contribution in [0.25, 0.3) is 0 Å². The molecule has 0 radical (unpaired) electrons. The zero-order valence-corrected chi connectivity index (χ0v) is 10.7. The predicted molar refractivity (Wildman–Crippen MR) is 68.2 cm³/mol. The minimum Gasteiger partial charge on any atom is -0.288 e. The van der Waals surface area contributed by atoms with E-state index in [1.165, 1.54) is 51.4 Å². The molecule has 0 N–H and O–H groups in total. The molecule has 1 heterocycles. The van der Waals surface area contributed by atoms with Gasteiger partial charge in [0.1, 0.15) is 0 Å². The molecule has 16 heavy (non-hydrogen) atoms. The molecule has 0 aromatic rings. The SMILES string of the molecule is CCCCCCCC(C#N)N1CCCCC1. The molecule has 1 atom stereocenters. The first-order valence-electron chi connectivity index (χ1n) is 7.02. The van der Waals surface area contributed by atoms with Crippen LogP contribution in [0.3, 0.4) is 0 Å². The minimum atomic E-state index is 0.196. The third kappa shape index (κ3) is 4.99. The first-order chi connectivity index (χ1) is 7.88. The molecule has 0 aromatic carbocycles. The highest BCUT2D eigenvalue weighted by molar-refractivity contribution is 4.92. The van der Waals surface area contributed by atoms with Crippen molar-refractivity contribution in [1.29, 1.82) is 5.26 Å². The lowest BCUT2D eigenvalue weighted by Crippen LogP contribution is -2.38. The third-order valence-corrected chi connectivity index (χ3v) is 3.56. The number of nitriles is 1. The van der Waals surface area contributed by atoms with Crippen molar-refractivity contribution in [3.8, 4) is 6.07 Å². The van der Waals surface area contributed by atoms with E-state index in [9.17, 15) is 5.26 Å². The second-order valence-corrected chi connectivity index (χ2v) is 4.94. The standard InChI is InChI=1S/C14H26N2/c1-2-3-4-5-7-10-14(13-15)16-11-8-6-9-12-16/h14H,2-12H2,1H3. The molecular weight excluding hydrogens is 196 g/mol. The molecule has 0 bridgehead atoms. The van der Waals surface area contributed by atoms with Gasteiger partial charge in [-0.15, -0.1) is 0 Å². The summed E-state index contributed by atoms with van der Waals surface area (Å²) in [6.07, 6.45) is 11.5. The van der Waals surface area contributed by atoms with Crippen molar-refractivity contribution in [1.82, 2.24) is 4.90 Å². The number of unbranched alkanes of at least 4 members (excludes halogenated alkanes) is 4. The van der Waals surface area contributed by atoms with E-state index in [2.05, 4.69) is 17.9 Å². The van der Waals surface area contributed by atoms with Crippen LogP contribution >= 0.6 is 0 Å². The lowest BCUT2D eigenvalue weighted by molar-refractivity contribution is 0.185. The van der Waals surface area contributed by atoms with Gasteiger partial charge in [-0.2, -0.15) is 5.26 Å². The number of nitrogens with zero attached hydrogens (tertiary/aromatic N) is 2. The lowest BCUT2D eigenvalue weighted by atomic mass is 10.0. The van der Waals surface area contributed by atoms with E-state index < -0.39 is 0 Å². The zero-order chi connectivity index (χ0) is 11.6. The molecule has 1 unspecified atom stereocenters. The van der Waals surface area contributed by atoms with Crippen LogP contribution in [0.15, 0.2) is 0 Å². The van der Waals surface area contributed by atoms with Gasteiger partial charge in [0.25, 0.3) is 0 Å². The molecule has 92 valence electrons. The van der Waals surface area contributed by atoms with Crippen molar-refractivity contribution in [3.63, 3.8) is 0 Å². The summed E-state index contributed by atoms with van der Waals surface area (Å²) in [5.74, 6) is 0. The second-order valence-electron chi connectivity index (χ2n) is 4.94. The van der Waals surface area contributed by atoms with Gasteiger partial charge in [0.2, 0.25) is 0 Å². The Balaban J connectivity index is 2.13. The molecule has 0 amide bonds. The maximum atomic E-state index is 9.19. The summed E-state index contributed by atoms with van der Waals surface area (Å²) in [6.45, 7) is 4.53. The van der Waals surface area contributed by atoms with E-state index in [0.717, 1.165) is 19.5 Å². The van der Waals surface area contributed by atoms with Crippen LogP contribution in [-0.4, -0.2) is 24.0 Å². The molecule has 2 heteroatoms. The summed E-state index contributed by atoms with van der Waals surface area (Å²) >= 11 is 0. The largest absolute Gasteiger partial charge is 0.288 e. The Bertz CT molecular complexity index is 201. The third-order valence-electron chi connectivity index (χ3n) is 3.56. The van der Waals surface area contributed by atoms with Crippen molar-refractivity contribution >= 4 is 0 Å². The second kappa shape index (κ2) is 8.58. The van der Waals surface area contributed by atoms with E-state index >= 15 is 0 Å². The molecule has 0 aliphatic carbocycles. The average molecular weight is 222 g/mol. The van der Waals surface area contributed by atoms with E-state index in [1.54, 1.807) is 0 Å². The van der Waals surface area contributed by atoms with Gasteiger partial charge in [-0.25, -0.2) is 0 Å². The van der Waals surface area contributed by atoms with Gasteiger partial charge in [-0.1, -0.05) is 45.4 Å². The fourth-order valence-electron chi connectivity index (χ4n) is 2.50. The highest BCUT2D eigenvalue weighted by Crippen LogP contribution is 2.16. The summed E-state index contributed by atoms with van der Waals surface area (Å²) in [7, 11) is 0. The van der Waals surface area contributed by atoms with Crippen molar-refractivity contribution < 1.29 is 0 Å². The Hall–Kier alpha value is -0.550. The Kier molecular flexibility index (Phi) is 7.25. The minimum absolute atomic E-state index is 0.196. The first-order valence-corrected chi connectivity index (χ1v) is 7.02. The molecule has 1 rings (SSSR count). The monoisotopic (exact) mass is 222 g/mol. The van der Waals surface area contributed by atoms with Crippen molar-refractivity contribution in [2.45, 2.75) is 70.8 Å². The quantitative estimate of drug-likeness (QED) is 0.614. The highest BCUT2D eigenvalue weighted by Gasteiger charge is 2.19. The Labute approximate surface area is 101 Å². The van der Waals surface area contributed by atoms with Crippen molar-refractivity contribution in [2.75, 3.05) is 13.1 Å². The molecule has 1 fully saturated rings. The summed E-state index contributed by atoms with van der Waals surface area (Å²) in [5, 5.41) is 9.19. The predicted octanol–water partition coefficient (Wildman–Crippen LogP) is 3.72. The molecule has 0 spiro atoms. The molecule has 0 aromatic heterocycles. The average Bonchev–Trinajstić information content (AvgIpc) is 2.35. The number of rotatable bonds is 7. The summed E-state index contributed by atoms with van der Waals surface area (Å²) in [6, 6.07) is 2.68. The van der Waals surface area contributed by atoms with E-state index in [0.29, 0.717) is 0 Å². The normalized spacial score (nSPS) is 19.2. The van der Waals surface area contributed by atoms with Gasteiger partial charge in [0, 0.05) is 0 Å². The van der Waals surface area contributed by atoms with E-state index in [4.69, 9.17) is 0 Å². The summed E-state index contributed by atoms with van der Waals surface area (Å²) < 4.78 is 0. The summed E-state index contributed by atoms with van der Waals surface area (Å²) in [5.41, 5.74) is 0. The van der Waals surface area contributed by atoms with Crippen LogP contribution in [0.4, 0.5) is 0 Å². The van der Waals surface area contributed by atoms with E-state index in [1.807, 2.05) is 0 Å². The fraction of sp³-hybridized carbons (Fsp3) is 0.929. The first kappa shape index (κ1) is 13.5. The number of piperidine rings is 1. The van der Waals surface area contributed by atoms with Gasteiger partial charge < -0.3 is 0 Å². The van der Waals surface area contributed by atoms with Crippen LogP contribution in [0.2, 0.25) is 0 Å². The van der Waals surface area contributed by atoms with Gasteiger partial charge >= 0.3 is 0 Å². The van der Waals surface area contributed by atoms with Gasteiger partial charge in [0.05, 0.1) is 12.1 Å². The van der Waals surface area contributed by atoms with Gasteiger partial charge in [-0.05, 0) is 32.4 Å². The lowest BCUT2D eigenvalue weighted by Gasteiger charge is -2.30. The van der Waals surface area contributed by atoms with Crippen LogP contribution < -0.4 is 0 Å². The molecule has 0 saturated carbocycles. The highest BCUT2D eigenvalue weighted by atomic mass is 15.2. The van der Waals surface area contributed by atoms with Crippen LogP contribution in [0.5, 0.6) is 0 Å². The smallest absolute Gasteiger partial charge is 0.0977 e. The van der Waals surface area contributed by atoms with Gasteiger partial charge in [-0.3, -0.25) is 4.90 Å². The number of hydrogen-bond donors (Lipinski definition) is 0. The maximum absolute atomic E-state index is 9.19. The Morgan fingerprint density at radius 2 is 1.75 bits per heavy atom. The van der Waals surface area contributed by atoms with Gasteiger partial charge in [0.15, 0.2) is 0 Å². The fourth-order valence-corrected chi connectivity index (χ4v) is 2.50. The Morgan fingerprint density at radius 3 is 2.38 bits per heavy atom. The molecule has 1 aliphatic heterocycles. The van der Waals surface area contributed by atoms with Crippen LogP contribution in [0.1, 0.15) is 64.7 Å². The molecule has 1 saturated heterocycles.